The predicted molar refractivity (Wildman–Crippen MR) is 171 cm³/mol. The van der Waals surface area contributed by atoms with Crippen LogP contribution in [0, 0.1) is 0 Å². The van der Waals surface area contributed by atoms with E-state index in [0.29, 0.717) is 11.4 Å². The number of isocyanates is 2. The molecule has 1 aliphatic rings. The minimum Gasteiger partial charge on any atom is -0.211 e. The van der Waals surface area contributed by atoms with Gasteiger partial charge < -0.3 is 0 Å². The summed E-state index contributed by atoms with van der Waals surface area (Å²) in [6, 6.07) is 42.2. The lowest BCUT2D eigenvalue weighted by atomic mass is 10.2. The van der Waals surface area contributed by atoms with Crippen LogP contribution in [0.25, 0.3) is 30.6 Å². The molecule has 3 heterocycles. The van der Waals surface area contributed by atoms with E-state index in [4.69, 9.17) is 0 Å². The number of nitrogens with zero attached hydrogens (tertiary/aromatic N) is 2. The van der Waals surface area contributed by atoms with Gasteiger partial charge in [0.15, 0.2) is 8.07 Å². The van der Waals surface area contributed by atoms with Crippen molar-refractivity contribution in [2.45, 2.75) is 0 Å². The second-order valence-corrected chi connectivity index (χ2v) is 15.5. The second kappa shape index (κ2) is 10.3. The molecule has 0 saturated carbocycles. The Morgan fingerprint density at radius 2 is 0.902 bits per heavy atom. The predicted octanol–water partition coefficient (Wildman–Crippen LogP) is 6.44. The highest BCUT2D eigenvalue weighted by atomic mass is 32.1. The van der Waals surface area contributed by atoms with Gasteiger partial charge in [0.1, 0.15) is 0 Å². The molecule has 4 aromatic carbocycles. The molecule has 0 unspecified atom stereocenters. The normalized spacial score (nSPS) is 12.6. The summed E-state index contributed by atoms with van der Waals surface area (Å²) in [5.74, 6) is 0. The largest absolute Gasteiger partial charge is 0.240 e. The van der Waals surface area contributed by atoms with Gasteiger partial charge in [0.2, 0.25) is 12.2 Å². The minimum absolute atomic E-state index is 0.597. The van der Waals surface area contributed by atoms with Gasteiger partial charge >= 0.3 is 0 Å². The number of hydrogen-bond acceptors (Lipinski definition) is 6. The molecule has 0 aliphatic carbocycles. The fourth-order valence-electron chi connectivity index (χ4n) is 5.78. The van der Waals surface area contributed by atoms with Crippen molar-refractivity contribution >= 4 is 75.0 Å². The quantitative estimate of drug-likeness (QED) is 0.129. The fraction of sp³-hybridized carbons (Fsp3) is 0. The van der Waals surface area contributed by atoms with E-state index in [-0.39, 0.29) is 0 Å². The van der Waals surface area contributed by atoms with Crippen molar-refractivity contribution in [3.05, 3.63) is 121 Å². The Morgan fingerprint density at radius 1 is 0.512 bits per heavy atom. The minimum atomic E-state index is -2.62. The Morgan fingerprint density at radius 3 is 1.27 bits per heavy atom. The molecular weight excluding hydrogens is 561 g/mol. The molecule has 0 bridgehead atoms. The summed E-state index contributed by atoms with van der Waals surface area (Å²) < 4.78 is 0. The zero-order valence-electron chi connectivity index (χ0n) is 21.6. The summed E-state index contributed by atoms with van der Waals surface area (Å²) in [4.78, 5) is 34.0. The van der Waals surface area contributed by atoms with E-state index in [2.05, 4.69) is 82.8 Å². The third-order valence-corrected chi connectivity index (χ3v) is 15.2. The number of carbonyl (C=O) groups excluding carboxylic acids is 2. The van der Waals surface area contributed by atoms with E-state index in [1.54, 1.807) is 12.2 Å². The van der Waals surface area contributed by atoms with E-state index >= 15 is 0 Å². The first kappa shape index (κ1) is 25.2. The molecule has 0 fully saturated rings. The number of hydrogen-bond donors (Lipinski definition) is 0. The molecule has 0 atom stereocenters. The molecule has 194 valence electrons. The molecule has 6 aromatic rings. The van der Waals surface area contributed by atoms with Gasteiger partial charge in [-0.3, -0.25) is 0 Å². The van der Waals surface area contributed by atoms with Crippen LogP contribution in [0.15, 0.2) is 131 Å². The Bertz CT molecular complexity index is 1840. The molecule has 2 aromatic heterocycles. The first-order valence-corrected chi connectivity index (χ1v) is 16.6. The highest BCUT2D eigenvalue weighted by Crippen LogP contribution is 2.44. The third-order valence-electron chi connectivity index (χ3n) is 7.55. The molecule has 0 saturated heterocycles. The Kier molecular flexibility index (Phi) is 6.37. The van der Waals surface area contributed by atoms with Crippen molar-refractivity contribution in [2.75, 3.05) is 0 Å². The Hall–Kier alpha value is -4.74. The number of aliphatic imine (C=N–C) groups is 2. The van der Waals surface area contributed by atoms with Crippen molar-refractivity contribution < 1.29 is 9.59 Å². The van der Waals surface area contributed by atoms with Crippen molar-refractivity contribution in [2.24, 2.45) is 9.98 Å². The molecule has 1 aliphatic heterocycles. The Balaban J connectivity index is 1.49. The maximum atomic E-state index is 10.7. The van der Waals surface area contributed by atoms with Crippen LogP contribution in [0.3, 0.4) is 0 Å². The number of thiophene rings is 2. The molecule has 0 spiro atoms. The molecule has 7 rings (SSSR count). The van der Waals surface area contributed by atoms with Gasteiger partial charge in [-0.15, -0.1) is 22.7 Å². The van der Waals surface area contributed by atoms with Crippen molar-refractivity contribution in [1.82, 2.24) is 0 Å². The fourth-order valence-corrected chi connectivity index (χ4v) is 14.6. The van der Waals surface area contributed by atoms with Gasteiger partial charge in [-0.1, -0.05) is 84.9 Å². The SMILES string of the molecule is O=C=Nc1ccc(-c2cc3c(s2)-c2sc(-c4ccc(N=C=O)cc4)cc2[Si]3(c2ccccc2)c2ccccc2)cc1. The zero-order chi connectivity index (χ0) is 27.8. The maximum absolute atomic E-state index is 10.7. The van der Waals surface area contributed by atoms with Crippen molar-refractivity contribution in [3.63, 3.8) is 0 Å². The van der Waals surface area contributed by atoms with Gasteiger partial charge in [0.25, 0.3) is 0 Å². The summed E-state index contributed by atoms with van der Waals surface area (Å²) in [5, 5.41) is 5.53. The molecule has 4 nitrogen and oxygen atoms in total. The molecule has 41 heavy (non-hydrogen) atoms. The first-order chi connectivity index (χ1) is 20.2. The van der Waals surface area contributed by atoms with Crippen LogP contribution < -0.4 is 20.7 Å². The lowest BCUT2D eigenvalue weighted by molar-refractivity contribution is 0.564. The van der Waals surface area contributed by atoms with Crippen LogP contribution >= 0.6 is 22.7 Å². The average Bonchev–Trinajstić information content (AvgIpc) is 3.71. The number of fused-ring (bicyclic) bond motifs is 3. The summed E-state index contributed by atoms with van der Waals surface area (Å²) in [6.07, 6.45) is 3.24. The van der Waals surface area contributed by atoms with Gasteiger partial charge in [-0.2, -0.15) is 9.98 Å². The van der Waals surface area contributed by atoms with E-state index < -0.39 is 8.07 Å². The van der Waals surface area contributed by atoms with Gasteiger partial charge in [0.05, 0.1) is 11.4 Å². The summed E-state index contributed by atoms with van der Waals surface area (Å²) >= 11 is 3.65. The Labute approximate surface area is 245 Å². The number of benzene rings is 4. The van der Waals surface area contributed by atoms with Gasteiger partial charge in [-0.05, 0) is 68.3 Å². The van der Waals surface area contributed by atoms with Crippen LogP contribution in [0.4, 0.5) is 11.4 Å². The lowest BCUT2D eigenvalue weighted by Gasteiger charge is -2.30. The smallest absolute Gasteiger partial charge is 0.211 e. The highest BCUT2D eigenvalue weighted by molar-refractivity contribution is 7.35. The summed E-state index contributed by atoms with van der Waals surface area (Å²) in [7, 11) is -2.62. The first-order valence-electron chi connectivity index (χ1n) is 13.0. The highest BCUT2D eigenvalue weighted by Gasteiger charge is 2.51. The van der Waals surface area contributed by atoms with E-state index in [1.807, 2.05) is 71.2 Å². The standard InChI is InChI=1S/C34H20N2O2S2Si/c37-21-35-25-15-11-23(12-16-25)29-19-31-33(39-29)34-32(20-30(40-34)24-13-17-26(18-14-24)36-22-38)41(31,27-7-3-1-4-8-27)28-9-5-2-6-10-28/h1-20H. The van der Waals surface area contributed by atoms with Gasteiger partial charge in [0, 0.05) is 19.5 Å². The van der Waals surface area contributed by atoms with Crippen LogP contribution in [0.1, 0.15) is 0 Å². The zero-order valence-corrected chi connectivity index (χ0v) is 24.2. The van der Waals surface area contributed by atoms with Crippen LogP contribution in [-0.2, 0) is 9.59 Å². The molecule has 0 N–H and O–H groups in total. The maximum Gasteiger partial charge on any atom is 0.240 e. The molecular formula is C34H20N2O2S2Si. The number of rotatable bonds is 6. The van der Waals surface area contributed by atoms with Gasteiger partial charge in [-0.25, -0.2) is 9.59 Å². The second-order valence-electron chi connectivity index (χ2n) is 9.69. The van der Waals surface area contributed by atoms with Crippen molar-refractivity contribution in [3.8, 4) is 30.6 Å². The molecule has 7 heteroatoms. The van der Waals surface area contributed by atoms with E-state index in [1.165, 1.54) is 40.3 Å². The van der Waals surface area contributed by atoms with Crippen molar-refractivity contribution in [1.29, 1.82) is 0 Å². The van der Waals surface area contributed by atoms with E-state index in [9.17, 15) is 9.59 Å². The van der Waals surface area contributed by atoms with Crippen LogP contribution in [0.2, 0.25) is 0 Å². The summed E-state index contributed by atoms with van der Waals surface area (Å²) in [6.45, 7) is 0. The van der Waals surface area contributed by atoms with E-state index in [0.717, 1.165) is 11.1 Å². The average molecular weight is 581 g/mol. The summed E-state index contributed by atoms with van der Waals surface area (Å²) in [5.41, 5.74) is 3.39. The lowest BCUT2D eigenvalue weighted by Crippen LogP contribution is -2.72. The monoisotopic (exact) mass is 580 g/mol. The molecule has 0 amide bonds. The molecule has 0 radical (unpaired) electrons. The van der Waals surface area contributed by atoms with Crippen LogP contribution in [-0.4, -0.2) is 20.2 Å². The van der Waals surface area contributed by atoms with Crippen LogP contribution in [0.5, 0.6) is 0 Å². The topological polar surface area (TPSA) is 58.9 Å². The third kappa shape index (κ3) is 4.12.